The summed E-state index contributed by atoms with van der Waals surface area (Å²) >= 11 is 0. The van der Waals surface area contributed by atoms with Gasteiger partial charge in [0.15, 0.2) is 0 Å². The Labute approximate surface area is 99.9 Å². The second kappa shape index (κ2) is 4.30. The molecule has 90 valence electrons. The number of aliphatic hydroxyl groups is 1. The van der Waals surface area contributed by atoms with Crippen LogP contribution in [0.15, 0.2) is 24.3 Å². The molecule has 4 nitrogen and oxygen atoms in total. The molecule has 2 atom stereocenters. The summed E-state index contributed by atoms with van der Waals surface area (Å²) in [5, 5.41) is 9.42. The van der Waals surface area contributed by atoms with Gasteiger partial charge in [0.25, 0.3) is 11.8 Å². The van der Waals surface area contributed by atoms with E-state index in [2.05, 4.69) is 0 Å². The molecule has 4 heteroatoms. The van der Waals surface area contributed by atoms with Crippen LogP contribution in [-0.4, -0.2) is 34.5 Å². The number of rotatable bonds is 3. The maximum atomic E-state index is 12.0. The molecule has 0 radical (unpaired) electrons. The molecule has 0 aliphatic carbocycles. The van der Waals surface area contributed by atoms with Gasteiger partial charge in [-0.25, -0.2) is 0 Å². The van der Waals surface area contributed by atoms with Gasteiger partial charge in [0.05, 0.1) is 17.2 Å². The highest BCUT2D eigenvalue weighted by molar-refractivity contribution is 6.21. The summed E-state index contributed by atoms with van der Waals surface area (Å²) in [7, 11) is 0. The van der Waals surface area contributed by atoms with Crippen molar-refractivity contribution in [1.82, 2.24) is 4.90 Å². The molecule has 1 aliphatic rings. The Morgan fingerprint density at radius 1 is 1.12 bits per heavy atom. The lowest BCUT2D eigenvalue weighted by molar-refractivity contribution is 0.0562. The van der Waals surface area contributed by atoms with Crippen LogP contribution in [0.3, 0.4) is 0 Å². The van der Waals surface area contributed by atoms with E-state index in [1.54, 1.807) is 31.2 Å². The van der Waals surface area contributed by atoms with Crippen molar-refractivity contribution in [2.24, 2.45) is 5.92 Å². The van der Waals surface area contributed by atoms with Crippen molar-refractivity contribution in [1.29, 1.82) is 0 Å². The van der Waals surface area contributed by atoms with Crippen LogP contribution in [0.5, 0.6) is 0 Å². The van der Waals surface area contributed by atoms with Crippen molar-refractivity contribution in [2.75, 3.05) is 6.54 Å². The number of fused-ring (bicyclic) bond motifs is 1. The maximum absolute atomic E-state index is 12.0. The third-order valence-corrected chi connectivity index (χ3v) is 3.17. The Morgan fingerprint density at radius 2 is 1.59 bits per heavy atom. The Bertz CT molecular complexity index is 432. The van der Waals surface area contributed by atoms with Crippen molar-refractivity contribution < 1.29 is 14.7 Å². The zero-order valence-corrected chi connectivity index (χ0v) is 9.88. The second-order valence-electron chi connectivity index (χ2n) is 4.48. The van der Waals surface area contributed by atoms with E-state index < -0.39 is 6.10 Å². The zero-order chi connectivity index (χ0) is 12.6. The topological polar surface area (TPSA) is 57.6 Å². The number of hydrogen-bond donors (Lipinski definition) is 1. The number of imide groups is 1. The van der Waals surface area contributed by atoms with E-state index in [0.29, 0.717) is 11.1 Å². The van der Waals surface area contributed by atoms with E-state index in [-0.39, 0.29) is 24.3 Å². The summed E-state index contributed by atoms with van der Waals surface area (Å²) in [6.45, 7) is 3.72. The lowest BCUT2D eigenvalue weighted by Gasteiger charge is -2.21. The molecule has 1 aliphatic heterocycles. The first-order valence-corrected chi connectivity index (χ1v) is 5.65. The first-order valence-electron chi connectivity index (χ1n) is 5.65. The summed E-state index contributed by atoms with van der Waals surface area (Å²) in [5.74, 6) is -0.659. The van der Waals surface area contributed by atoms with Gasteiger partial charge in [-0.15, -0.1) is 0 Å². The van der Waals surface area contributed by atoms with Gasteiger partial charge in [0.2, 0.25) is 0 Å². The van der Waals surface area contributed by atoms with E-state index in [0.717, 1.165) is 0 Å². The van der Waals surface area contributed by atoms with Gasteiger partial charge in [0.1, 0.15) is 0 Å². The molecular weight excluding hydrogens is 218 g/mol. The molecule has 0 saturated heterocycles. The molecule has 1 aromatic carbocycles. The highest BCUT2D eigenvalue weighted by Gasteiger charge is 2.36. The minimum absolute atomic E-state index is 0.128. The molecule has 2 amide bonds. The molecule has 0 bridgehead atoms. The highest BCUT2D eigenvalue weighted by Crippen LogP contribution is 2.23. The minimum atomic E-state index is -0.542. The molecule has 0 saturated carbocycles. The maximum Gasteiger partial charge on any atom is 0.261 e. The van der Waals surface area contributed by atoms with Crippen LogP contribution in [0.25, 0.3) is 0 Å². The Balaban J connectivity index is 2.25. The Morgan fingerprint density at radius 3 is 2.00 bits per heavy atom. The van der Waals surface area contributed by atoms with E-state index in [1.165, 1.54) is 4.90 Å². The smallest absolute Gasteiger partial charge is 0.261 e. The molecule has 2 rings (SSSR count). The number of benzene rings is 1. The SMILES string of the molecule is CC(O)C(C)CN1C(=O)c2ccccc2C1=O. The summed E-state index contributed by atoms with van der Waals surface area (Å²) in [6, 6.07) is 6.79. The summed E-state index contributed by atoms with van der Waals surface area (Å²) in [6.07, 6.45) is -0.542. The van der Waals surface area contributed by atoms with Crippen molar-refractivity contribution in [3.8, 4) is 0 Å². The normalized spacial score (nSPS) is 18.2. The monoisotopic (exact) mass is 233 g/mol. The molecule has 17 heavy (non-hydrogen) atoms. The van der Waals surface area contributed by atoms with Crippen molar-refractivity contribution in [2.45, 2.75) is 20.0 Å². The van der Waals surface area contributed by atoms with Crippen LogP contribution >= 0.6 is 0 Å². The third kappa shape index (κ3) is 1.96. The number of hydrogen-bond acceptors (Lipinski definition) is 3. The fraction of sp³-hybridized carbons (Fsp3) is 0.385. The average molecular weight is 233 g/mol. The molecule has 0 spiro atoms. The van der Waals surface area contributed by atoms with E-state index >= 15 is 0 Å². The molecule has 1 aromatic rings. The molecule has 1 N–H and O–H groups in total. The minimum Gasteiger partial charge on any atom is -0.393 e. The number of carbonyl (C=O) groups is 2. The summed E-state index contributed by atoms with van der Waals surface area (Å²) < 4.78 is 0. The van der Waals surface area contributed by atoms with Gasteiger partial charge >= 0.3 is 0 Å². The predicted octanol–water partition coefficient (Wildman–Crippen LogP) is 1.30. The number of nitrogens with zero attached hydrogens (tertiary/aromatic N) is 1. The Kier molecular flexibility index (Phi) is 2.98. The fourth-order valence-electron chi connectivity index (χ4n) is 1.85. The van der Waals surface area contributed by atoms with Crippen LogP contribution in [-0.2, 0) is 0 Å². The fourth-order valence-corrected chi connectivity index (χ4v) is 1.85. The van der Waals surface area contributed by atoms with Crippen LogP contribution < -0.4 is 0 Å². The summed E-state index contributed by atoms with van der Waals surface area (Å²) in [4.78, 5) is 25.2. The van der Waals surface area contributed by atoms with Crippen LogP contribution in [0.2, 0.25) is 0 Å². The predicted molar refractivity (Wildman–Crippen MR) is 62.7 cm³/mol. The highest BCUT2D eigenvalue weighted by atomic mass is 16.3. The standard InChI is InChI=1S/C13H15NO3/c1-8(9(2)15)7-14-12(16)10-5-3-4-6-11(10)13(14)17/h3-6,8-9,15H,7H2,1-2H3. The van der Waals surface area contributed by atoms with Crippen molar-refractivity contribution in [3.63, 3.8) is 0 Å². The average Bonchev–Trinajstić information content (AvgIpc) is 2.55. The lowest BCUT2D eigenvalue weighted by atomic mass is 10.1. The van der Waals surface area contributed by atoms with Crippen LogP contribution in [0.4, 0.5) is 0 Å². The molecule has 2 unspecified atom stereocenters. The van der Waals surface area contributed by atoms with Gasteiger partial charge in [-0.1, -0.05) is 19.1 Å². The molecule has 1 heterocycles. The largest absolute Gasteiger partial charge is 0.393 e. The third-order valence-electron chi connectivity index (χ3n) is 3.17. The molecule has 0 fully saturated rings. The van der Waals surface area contributed by atoms with Crippen molar-refractivity contribution in [3.05, 3.63) is 35.4 Å². The lowest BCUT2D eigenvalue weighted by Crippen LogP contribution is -2.36. The van der Waals surface area contributed by atoms with E-state index in [1.807, 2.05) is 6.92 Å². The van der Waals surface area contributed by atoms with E-state index in [4.69, 9.17) is 0 Å². The number of carbonyl (C=O) groups excluding carboxylic acids is 2. The molecular formula is C13H15NO3. The Hall–Kier alpha value is -1.68. The molecule has 0 aromatic heterocycles. The van der Waals surface area contributed by atoms with Gasteiger partial charge < -0.3 is 5.11 Å². The zero-order valence-electron chi connectivity index (χ0n) is 9.88. The van der Waals surface area contributed by atoms with E-state index in [9.17, 15) is 14.7 Å². The number of aliphatic hydroxyl groups excluding tert-OH is 1. The van der Waals surface area contributed by atoms with Gasteiger partial charge in [-0.3, -0.25) is 14.5 Å². The second-order valence-corrected chi connectivity index (χ2v) is 4.48. The van der Waals surface area contributed by atoms with Crippen LogP contribution in [0.1, 0.15) is 34.6 Å². The number of amides is 2. The van der Waals surface area contributed by atoms with Gasteiger partial charge in [0, 0.05) is 6.54 Å². The van der Waals surface area contributed by atoms with Crippen molar-refractivity contribution >= 4 is 11.8 Å². The van der Waals surface area contributed by atoms with Crippen LogP contribution in [0, 0.1) is 5.92 Å². The summed E-state index contributed by atoms with van der Waals surface area (Å²) in [5.41, 5.74) is 0.908. The van der Waals surface area contributed by atoms with Gasteiger partial charge in [-0.05, 0) is 25.0 Å². The quantitative estimate of drug-likeness (QED) is 0.800. The first-order chi connectivity index (χ1) is 8.02. The van der Waals surface area contributed by atoms with Gasteiger partial charge in [-0.2, -0.15) is 0 Å². The first kappa shape index (κ1) is 11.8.